The van der Waals surface area contributed by atoms with Gasteiger partial charge in [-0.05, 0) is 37.0 Å². The zero-order chi connectivity index (χ0) is 25.1. The minimum absolute atomic E-state index is 0.229. The van der Waals surface area contributed by atoms with Crippen LogP contribution in [0.5, 0.6) is 0 Å². The fraction of sp³-hybridized carbons (Fsp3) is 0.440. The van der Waals surface area contributed by atoms with Crippen LogP contribution in [0.2, 0.25) is 0 Å². The van der Waals surface area contributed by atoms with Crippen LogP contribution in [0.1, 0.15) is 32.3 Å². The molecule has 1 atom stereocenters. The summed E-state index contributed by atoms with van der Waals surface area (Å²) < 4.78 is 28.3. The molecule has 0 radical (unpaired) electrons. The fourth-order valence-electron chi connectivity index (χ4n) is 3.57. The minimum atomic E-state index is -3.94. The summed E-state index contributed by atoms with van der Waals surface area (Å²) in [7, 11) is -1.08. The van der Waals surface area contributed by atoms with Crippen LogP contribution in [-0.4, -0.2) is 69.2 Å². The van der Waals surface area contributed by atoms with E-state index < -0.39 is 28.7 Å². The minimum Gasteiger partial charge on any atom is -0.354 e. The van der Waals surface area contributed by atoms with Crippen LogP contribution in [0.4, 0.5) is 5.69 Å². The standard InChI is InChI=1S/C25H36N4O4S/c1-5-18-26-25(31)23(6-2)28(19-17-21-13-9-7-10-14-21)24(30)20-29(34(32,33)27(3)4)22-15-11-8-12-16-22/h7-16,23H,5-6,17-20H2,1-4H3,(H,26,31)/t23-/m0/s1. The number of anilines is 1. The summed E-state index contributed by atoms with van der Waals surface area (Å²) in [6.45, 7) is 4.22. The van der Waals surface area contributed by atoms with E-state index in [0.717, 1.165) is 20.6 Å². The van der Waals surface area contributed by atoms with Gasteiger partial charge in [-0.3, -0.25) is 9.59 Å². The Kier molecular flexibility index (Phi) is 10.5. The third-order valence-corrected chi connectivity index (χ3v) is 7.30. The van der Waals surface area contributed by atoms with E-state index in [1.807, 2.05) is 44.2 Å². The Morgan fingerprint density at radius 2 is 1.53 bits per heavy atom. The lowest BCUT2D eigenvalue weighted by atomic mass is 10.1. The van der Waals surface area contributed by atoms with Gasteiger partial charge in [-0.15, -0.1) is 0 Å². The molecule has 2 aromatic rings. The molecular weight excluding hydrogens is 452 g/mol. The first-order valence-corrected chi connectivity index (χ1v) is 13.0. The molecule has 0 fully saturated rings. The molecule has 0 bridgehead atoms. The van der Waals surface area contributed by atoms with Crippen molar-refractivity contribution in [2.24, 2.45) is 0 Å². The van der Waals surface area contributed by atoms with Crippen LogP contribution in [0.15, 0.2) is 60.7 Å². The molecule has 0 unspecified atom stereocenters. The van der Waals surface area contributed by atoms with Gasteiger partial charge >= 0.3 is 10.2 Å². The third-order valence-electron chi connectivity index (χ3n) is 5.48. The highest BCUT2D eigenvalue weighted by molar-refractivity contribution is 7.90. The van der Waals surface area contributed by atoms with E-state index in [1.54, 1.807) is 30.3 Å². The fourth-order valence-corrected chi connectivity index (χ4v) is 4.63. The number of benzene rings is 2. The lowest BCUT2D eigenvalue weighted by molar-refractivity contribution is -0.139. The summed E-state index contributed by atoms with van der Waals surface area (Å²) in [5.74, 6) is -0.656. The van der Waals surface area contributed by atoms with Gasteiger partial charge < -0.3 is 10.2 Å². The Morgan fingerprint density at radius 3 is 2.06 bits per heavy atom. The van der Waals surface area contributed by atoms with Crippen molar-refractivity contribution < 1.29 is 18.0 Å². The molecule has 0 aliphatic rings. The van der Waals surface area contributed by atoms with E-state index >= 15 is 0 Å². The number of nitrogens with zero attached hydrogens (tertiary/aromatic N) is 3. The number of para-hydroxylation sites is 1. The van der Waals surface area contributed by atoms with Crippen molar-refractivity contribution in [2.45, 2.75) is 39.2 Å². The summed E-state index contributed by atoms with van der Waals surface area (Å²) >= 11 is 0. The Hall–Kier alpha value is -2.91. The summed E-state index contributed by atoms with van der Waals surface area (Å²) in [4.78, 5) is 28.0. The Labute approximate surface area is 203 Å². The van der Waals surface area contributed by atoms with Gasteiger partial charge in [0.05, 0.1) is 5.69 Å². The first kappa shape index (κ1) is 27.3. The number of carbonyl (C=O) groups excluding carboxylic acids is 2. The molecule has 0 saturated heterocycles. The largest absolute Gasteiger partial charge is 0.354 e. The molecule has 0 aliphatic heterocycles. The number of carbonyl (C=O) groups is 2. The Morgan fingerprint density at radius 1 is 0.941 bits per heavy atom. The molecule has 0 aliphatic carbocycles. The average Bonchev–Trinajstić information content (AvgIpc) is 2.84. The maximum absolute atomic E-state index is 13.6. The van der Waals surface area contributed by atoms with E-state index in [4.69, 9.17) is 0 Å². The molecular formula is C25H36N4O4S. The second kappa shape index (κ2) is 13.1. The summed E-state index contributed by atoms with van der Waals surface area (Å²) in [5.41, 5.74) is 1.42. The molecule has 9 heteroatoms. The van der Waals surface area contributed by atoms with Crippen LogP contribution in [0.3, 0.4) is 0 Å². The molecule has 2 amide bonds. The van der Waals surface area contributed by atoms with Gasteiger partial charge in [-0.25, -0.2) is 4.31 Å². The van der Waals surface area contributed by atoms with Crippen molar-refractivity contribution >= 4 is 27.7 Å². The Balaban J connectivity index is 2.37. The van der Waals surface area contributed by atoms with Crippen molar-refractivity contribution in [3.8, 4) is 0 Å². The highest BCUT2D eigenvalue weighted by atomic mass is 32.2. The van der Waals surface area contributed by atoms with E-state index in [-0.39, 0.29) is 5.91 Å². The van der Waals surface area contributed by atoms with Crippen molar-refractivity contribution in [3.63, 3.8) is 0 Å². The molecule has 1 N–H and O–H groups in total. The van der Waals surface area contributed by atoms with Gasteiger partial charge in [-0.1, -0.05) is 62.4 Å². The van der Waals surface area contributed by atoms with Crippen molar-refractivity contribution in [1.29, 1.82) is 0 Å². The lowest BCUT2D eigenvalue weighted by Crippen LogP contribution is -2.54. The topological polar surface area (TPSA) is 90.0 Å². The van der Waals surface area contributed by atoms with E-state index in [2.05, 4.69) is 5.32 Å². The molecule has 2 aromatic carbocycles. The van der Waals surface area contributed by atoms with Crippen molar-refractivity contribution in [1.82, 2.24) is 14.5 Å². The maximum atomic E-state index is 13.6. The molecule has 0 saturated carbocycles. The van der Waals surface area contributed by atoms with Crippen LogP contribution in [0.25, 0.3) is 0 Å². The summed E-state index contributed by atoms with van der Waals surface area (Å²) in [6, 6.07) is 17.5. The number of nitrogens with one attached hydrogen (secondary N) is 1. The molecule has 8 nitrogen and oxygen atoms in total. The van der Waals surface area contributed by atoms with Gasteiger partial charge in [0.15, 0.2) is 0 Å². The van der Waals surface area contributed by atoms with E-state index in [0.29, 0.717) is 31.6 Å². The predicted octanol–water partition coefficient (Wildman–Crippen LogP) is 2.68. The van der Waals surface area contributed by atoms with Crippen LogP contribution in [-0.2, 0) is 26.2 Å². The molecule has 186 valence electrons. The van der Waals surface area contributed by atoms with Gasteiger partial charge in [0.1, 0.15) is 12.6 Å². The van der Waals surface area contributed by atoms with Crippen molar-refractivity contribution in [3.05, 3.63) is 66.2 Å². The molecule has 0 aromatic heterocycles. The lowest BCUT2D eigenvalue weighted by Gasteiger charge is -2.33. The number of hydrogen-bond acceptors (Lipinski definition) is 4. The van der Waals surface area contributed by atoms with Crippen molar-refractivity contribution in [2.75, 3.05) is 38.0 Å². The van der Waals surface area contributed by atoms with E-state index in [9.17, 15) is 18.0 Å². The first-order chi connectivity index (χ1) is 16.2. The third kappa shape index (κ3) is 7.30. The molecule has 2 rings (SSSR count). The highest BCUT2D eigenvalue weighted by Crippen LogP contribution is 2.20. The van der Waals surface area contributed by atoms with Gasteiger partial charge in [0, 0.05) is 27.2 Å². The normalized spacial score (nSPS) is 12.3. The van der Waals surface area contributed by atoms with Crippen LogP contribution >= 0.6 is 0 Å². The van der Waals surface area contributed by atoms with Gasteiger partial charge in [0.25, 0.3) is 0 Å². The number of rotatable bonds is 13. The summed E-state index contributed by atoms with van der Waals surface area (Å²) in [6.07, 6.45) is 1.75. The van der Waals surface area contributed by atoms with Gasteiger partial charge in [-0.2, -0.15) is 12.7 Å². The molecule has 0 spiro atoms. The quantitative estimate of drug-likeness (QED) is 0.469. The SMILES string of the molecule is CCCNC(=O)[C@H](CC)N(CCc1ccccc1)C(=O)CN(c1ccccc1)S(=O)(=O)N(C)C. The van der Waals surface area contributed by atoms with Crippen LogP contribution in [0, 0.1) is 0 Å². The predicted molar refractivity (Wildman–Crippen MR) is 136 cm³/mol. The molecule has 0 heterocycles. The van der Waals surface area contributed by atoms with E-state index in [1.165, 1.54) is 19.0 Å². The Bertz CT molecular complexity index is 1010. The second-order valence-electron chi connectivity index (χ2n) is 8.17. The number of amides is 2. The van der Waals surface area contributed by atoms with Gasteiger partial charge in [0.2, 0.25) is 11.8 Å². The average molecular weight is 489 g/mol. The zero-order valence-corrected chi connectivity index (χ0v) is 21.3. The van der Waals surface area contributed by atoms with Crippen LogP contribution < -0.4 is 9.62 Å². The first-order valence-electron chi connectivity index (χ1n) is 11.6. The zero-order valence-electron chi connectivity index (χ0n) is 20.5. The maximum Gasteiger partial charge on any atom is 0.304 e. The smallest absolute Gasteiger partial charge is 0.304 e. The highest BCUT2D eigenvalue weighted by Gasteiger charge is 2.33. The number of hydrogen-bond donors (Lipinski definition) is 1. The monoisotopic (exact) mass is 488 g/mol. The molecule has 34 heavy (non-hydrogen) atoms. The summed E-state index contributed by atoms with van der Waals surface area (Å²) in [5, 5.41) is 2.88. The second-order valence-corrected chi connectivity index (χ2v) is 10.2.